The van der Waals surface area contributed by atoms with E-state index in [0.717, 1.165) is 61.8 Å². The van der Waals surface area contributed by atoms with Gasteiger partial charge < -0.3 is 19.9 Å². The second-order valence-electron chi connectivity index (χ2n) is 15.1. The third kappa shape index (κ3) is 7.74. The number of esters is 1. The van der Waals surface area contributed by atoms with Crippen molar-refractivity contribution in [3.05, 3.63) is 82.1 Å². The van der Waals surface area contributed by atoms with Gasteiger partial charge in [-0.05, 0) is 141 Å². The van der Waals surface area contributed by atoms with Crippen molar-refractivity contribution < 1.29 is 37.0 Å². The van der Waals surface area contributed by atoms with E-state index >= 15 is 0 Å². The van der Waals surface area contributed by atoms with Crippen molar-refractivity contribution in [1.82, 2.24) is 4.98 Å². The van der Waals surface area contributed by atoms with Gasteiger partial charge in [-0.3, -0.25) is 14.7 Å². The SMILES string of the molecule is COC(=O)C1(N(C(=O)C(F)(F)F)c2cccc(Cl)c2)CCC2(CC1)c1cc(OCCCN)ccc1C[C@@H]2C[C@@H](C)COc1ccnc2c1[C@H](C)CCC2. The number of hydrogen-bond donors (Lipinski definition) is 1. The van der Waals surface area contributed by atoms with Gasteiger partial charge in [0.2, 0.25) is 0 Å². The lowest BCUT2D eigenvalue weighted by Gasteiger charge is -2.51. The molecule has 3 aliphatic rings. The minimum absolute atomic E-state index is 0.0475. The molecule has 0 saturated heterocycles. The number of alkyl halides is 3. The summed E-state index contributed by atoms with van der Waals surface area (Å²) in [6.45, 7) is 5.83. The van der Waals surface area contributed by atoms with Crippen LogP contribution in [-0.2, 0) is 32.6 Å². The molecule has 1 heterocycles. The van der Waals surface area contributed by atoms with Crippen molar-refractivity contribution in [3.63, 3.8) is 0 Å². The Bertz CT molecular complexity index is 1790. The molecular formula is C41H49ClF3N3O5. The first-order valence-electron chi connectivity index (χ1n) is 18.6. The molecule has 3 aliphatic carbocycles. The fraction of sp³-hybridized carbons (Fsp3) is 0.537. The minimum atomic E-state index is -5.25. The fourth-order valence-electron chi connectivity index (χ4n) is 9.20. The number of carbonyl (C=O) groups is 2. The molecule has 3 atom stereocenters. The highest BCUT2D eigenvalue weighted by Gasteiger charge is 2.60. The second kappa shape index (κ2) is 15.9. The Morgan fingerprint density at radius 1 is 1.09 bits per heavy atom. The number of pyridine rings is 1. The normalized spacial score (nSPS) is 24.2. The smallest absolute Gasteiger partial charge is 0.471 e. The van der Waals surface area contributed by atoms with Crippen LogP contribution >= 0.6 is 11.6 Å². The molecule has 3 aromatic rings. The zero-order valence-corrected chi connectivity index (χ0v) is 31.4. The molecule has 1 spiro atoms. The van der Waals surface area contributed by atoms with Crippen LogP contribution in [0, 0.1) is 11.8 Å². The Hall–Kier alpha value is -3.83. The van der Waals surface area contributed by atoms with Crippen LogP contribution in [0.25, 0.3) is 0 Å². The lowest BCUT2D eigenvalue weighted by molar-refractivity contribution is -0.174. The molecule has 2 aromatic carbocycles. The molecule has 53 heavy (non-hydrogen) atoms. The van der Waals surface area contributed by atoms with Crippen molar-refractivity contribution in [2.75, 3.05) is 31.8 Å². The topological polar surface area (TPSA) is 104 Å². The Kier molecular flexibility index (Phi) is 11.6. The molecular weight excluding hydrogens is 707 g/mol. The van der Waals surface area contributed by atoms with E-state index in [1.54, 1.807) is 0 Å². The maximum Gasteiger partial charge on any atom is 0.471 e. The van der Waals surface area contributed by atoms with Gasteiger partial charge in [-0.15, -0.1) is 0 Å². The Morgan fingerprint density at radius 2 is 1.87 bits per heavy atom. The number of halogens is 4. The van der Waals surface area contributed by atoms with Crippen LogP contribution in [0.5, 0.6) is 11.5 Å². The summed E-state index contributed by atoms with van der Waals surface area (Å²) in [7, 11) is 1.14. The highest BCUT2D eigenvalue weighted by atomic mass is 35.5. The number of amides is 1. The first kappa shape index (κ1) is 38.9. The number of hydrogen-bond acceptors (Lipinski definition) is 7. The van der Waals surface area contributed by atoms with E-state index < -0.39 is 29.0 Å². The number of anilines is 1. The molecule has 1 fully saturated rings. The van der Waals surface area contributed by atoms with Gasteiger partial charge in [-0.25, -0.2) is 4.79 Å². The first-order chi connectivity index (χ1) is 25.3. The zero-order valence-electron chi connectivity index (χ0n) is 30.6. The molecule has 1 saturated carbocycles. The molecule has 0 aliphatic heterocycles. The van der Waals surface area contributed by atoms with E-state index in [1.807, 2.05) is 18.3 Å². The highest BCUT2D eigenvalue weighted by Crippen LogP contribution is 2.58. The lowest BCUT2D eigenvalue weighted by atomic mass is 9.59. The van der Waals surface area contributed by atoms with E-state index in [2.05, 4.69) is 31.0 Å². The molecule has 8 nitrogen and oxygen atoms in total. The van der Waals surface area contributed by atoms with Crippen LogP contribution in [0.3, 0.4) is 0 Å². The predicted molar refractivity (Wildman–Crippen MR) is 198 cm³/mol. The van der Waals surface area contributed by atoms with Gasteiger partial charge in [-0.2, -0.15) is 13.2 Å². The molecule has 1 amide bonds. The molecule has 0 unspecified atom stereocenters. The Morgan fingerprint density at radius 3 is 2.57 bits per heavy atom. The van der Waals surface area contributed by atoms with Crippen molar-refractivity contribution in [2.24, 2.45) is 17.6 Å². The quantitative estimate of drug-likeness (QED) is 0.146. The Labute approximate surface area is 314 Å². The molecule has 6 rings (SSSR count). The highest BCUT2D eigenvalue weighted by molar-refractivity contribution is 6.31. The van der Waals surface area contributed by atoms with E-state index in [0.29, 0.717) is 55.6 Å². The van der Waals surface area contributed by atoms with Crippen molar-refractivity contribution in [1.29, 1.82) is 0 Å². The number of methoxy groups -OCH3 is 1. The average molecular weight is 756 g/mol. The molecule has 0 radical (unpaired) electrons. The van der Waals surface area contributed by atoms with Gasteiger partial charge in [-0.1, -0.05) is 37.6 Å². The number of aromatic nitrogens is 1. The van der Waals surface area contributed by atoms with E-state index in [4.69, 9.17) is 31.5 Å². The van der Waals surface area contributed by atoms with Crippen LogP contribution in [0.4, 0.5) is 18.9 Å². The summed E-state index contributed by atoms with van der Waals surface area (Å²) in [5.74, 6) is -0.852. The number of aryl methyl sites for hydroxylation is 1. The third-order valence-corrected chi connectivity index (χ3v) is 12.0. The molecule has 2 N–H and O–H groups in total. The lowest BCUT2D eigenvalue weighted by Crippen LogP contribution is -2.63. The number of ether oxygens (including phenoxy) is 3. The van der Waals surface area contributed by atoms with Crippen LogP contribution in [-0.4, -0.2) is 55.4 Å². The number of nitrogens with two attached hydrogens (primary N) is 1. The van der Waals surface area contributed by atoms with Gasteiger partial charge in [0.1, 0.15) is 17.0 Å². The van der Waals surface area contributed by atoms with Crippen molar-refractivity contribution >= 4 is 29.2 Å². The van der Waals surface area contributed by atoms with E-state index in [1.165, 1.54) is 29.8 Å². The summed E-state index contributed by atoms with van der Waals surface area (Å²) in [6.07, 6.45) is 2.55. The summed E-state index contributed by atoms with van der Waals surface area (Å²) in [6, 6.07) is 13.7. The number of carbonyl (C=O) groups excluding carboxylic acids is 2. The maximum absolute atomic E-state index is 14.3. The second-order valence-corrected chi connectivity index (χ2v) is 15.6. The largest absolute Gasteiger partial charge is 0.494 e. The Balaban J connectivity index is 1.33. The summed E-state index contributed by atoms with van der Waals surface area (Å²) >= 11 is 6.23. The van der Waals surface area contributed by atoms with Crippen molar-refractivity contribution in [2.45, 2.75) is 101 Å². The monoisotopic (exact) mass is 755 g/mol. The van der Waals surface area contributed by atoms with Crippen LogP contribution in [0.1, 0.15) is 93.5 Å². The molecule has 12 heteroatoms. The molecule has 1 aromatic heterocycles. The summed E-state index contributed by atoms with van der Waals surface area (Å²) in [5, 5.41) is 0.139. The van der Waals surface area contributed by atoms with Crippen LogP contribution in [0.15, 0.2) is 54.7 Å². The van der Waals surface area contributed by atoms with Crippen LogP contribution < -0.4 is 20.1 Å². The fourth-order valence-corrected chi connectivity index (χ4v) is 9.39. The first-order valence-corrected chi connectivity index (χ1v) is 19.0. The van der Waals surface area contributed by atoms with Crippen LogP contribution in [0.2, 0.25) is 5.02 Å². The van der Waals surface area contributed by atoms with Gasteiger partial charge >= 0.3 is 18.1 Å². The predicted octanol–water partition coefficient (Wildman–Crippen LogP) is 8.50. The number of rotatable bonds is 12. The number of fused-ring (bicyclic) bond motifs is 3. The van der Waals surface area contributed by atoms with E-state index in [-0.39, 0.29) is 35.4 Å². The summed E-state index contributed by atoms with van der Waals surface area (Å²) in [4.78, 5) is 32.3. The maximum atomic E-state index is 14.3. The summed E-state index contributed by atoms with van der Waals surface area (Å²) in [5.41, 5.74) is 7.71. The van der Waals surface area contributed by atoms with Gasteiger partial charge in [0.15, 0.2) is 0 Å². The summed E-state index contributed by atoms with van der Waals surface area (Å²) < 4.78 is 60.8. The van der Waals surface area contributed by atoms with Gasteiger partial charge in [0.05, 0.1) is 20.3 Å². The zero-order chi connectivity index (χ0) is 38.0. The molecule has 286 valence electrons. The van der Waals surface area contributed by atoms with Crippen molar-refractivity contribution in [3.8, 4) is 11.5 Å². The van der Waals surface area contributed by atoms with E-state index in [9.17, 15) is 22.8 Å². The van der Waals surface area contributed by atoms with Gasteiger partial charge in [0, 0.05) is 28.2 Å². The third-order valence-electron chi connectivity index (χ3n) is 11.7. The number of benzene rings is 2. The van der Waals surface area contributed by atoms with Gasteiger partial charge in [0.25, 0.3) is 0 Å². The number of nitrogens with zero attached hydrogens (tertiary/aromatic N) is 2. The standard InChI is InChI=1S/C41H49ClF3N3O5/c1-26(25-53-35-13-19-47-34-10-4-7-27(2)36(34)35)21-29-22-28-11-12-32(52-20-6-18-46)24-33(28)39(29)14-16-40(17-15-39,38(50)51-3)48(37(49)41(43,44)45)31-9-5-8-30(42)23-31/h5,8-9,11-13,19,23-24,26-27,29H,4,6-7,10,14-18,20-22,25,46H2,1-3H3/t26-,27-,29+,39?,40?/m1/s1. The molecule has 0 bridgehead atoms. The minimum Gasteiger partial charge on any atom is -0.494 e. The average Bonchev–Trinajstić information content (AvgIpc) is 3.42.